The average molecular weight is 194 g/mol. The Hall–Kier alpha value is -0.730. The highest BCUT2D eigenvalue weighted by molar-refractivity contribution is 5.76. The first kappa shape index (κ1) is 10.4. The van der Waals surface area contributed by atoms with Gasteiger partial charge in [-0.15, -0.1) is 0 Å². The maximum absolute atomic E-state index is 10.7. The van der Waals surface area contributed by atoms with E-state index in [0.717, 1.165) is 0 Å². The van der Waals surface area contributed by atoms with Gasteiger partial charge in [0, 0.05) is 0 Å². The van der Waals surface area contributed by atoms with E-state index in [1.807, 2.05) is 0 Å². The Kier molecular flexibility index (Phi) is 2.55. The van der Waals surface area contributed by atoms with Crippen LogP contribution in [0.3, 0.4) is 0 Å². The highest BCUT2D eigenvalue weighted by atomic mass is 16.7. The van der Waals surface area contributed by atoms with E-state index in [9.17, 15) is 9.90 Å². The molecule has 1 unspecified atom stereocenters. The molecule has 1 aliphatic rings. The largest absolute Gasteiger partial charge is 0.426 e. The quantitative estimate of drug-likeness (QED) is 0.272. The molecule has 1 saturated heterocycles. The maximum Gasteiger partial charge on any atom is 0.340 e. The first-order chi connectivity index (χ1) is 5.92. The highest BCUT2D eigenvalue weighted by Gasteiger charge is 2.53. The highest BCUT2D eigenvalue weighted by Crippen LogP contribution is 2.23. The molecule has 0 bridgehead atoms. The van der Waals surface area contributed by atoms with Crippen molar-refractivity contribution in [3.63, 3.8) is 0 Å². The summed E-state index contributed by atoms with van der Waals surface area (Å²) < 4.78 is 4.12. The van der Waals surface area contributed by atoms with Gasteiger partial charge in [-0.25, -0.2) is 4.79 Å². The van der Waals surface area contributed by atoms with Crippen LogP contribution in [-0.2, 0) is 9.53 Å². The van der Waals surface area contributed by atoms with Crippen LogP contribution in [0.2, 0.25) is 0 Å². The van der Waals surface area contributed by atoms with E-state index < -0.39 is 36.7 Å². The Labute approximate surface area is 72.8 Å². The minimum atomic E-state index is -2.55. The molecule has 13 heavy (non-hydrogen) atoms. The van der Waals surface area contributed by atoms with Gasteiger partial charge in [-0.3, -0.25) is 0 Å². The van der Waals surface area contributed by atoms with Crippen LogP contribution in [0, 0.1) is 0 Å². The first-order valence-corrected chi connectivity index (χ1v) is 3.52. The summed E-state index contributed by atoms with van der Waals surface area (Å²) >= 11 is 0. The normalized spacial score (nSPS) is 45.9. The van der Waals surface area contributed by atoms with Gasteiger partial charge in [0.2, 0.25) is 0 Å². The second-order valence-electron chi connectivity index (χ2n) is 2.80. The number of rotatable bonds is 1. The number of hydrogen-bond acceptors (Lipinski definition) is 7. The second kappa shape index (κ2) is 3.20. The molecule has 4 atom stereocenters. The van der Waals surface area contributed by atoms with Crippen LogP contribution in [-0.4, -0.2) is 62.2 Å². The Bertz CT molecular complexity index is 217. The Morgan fingerprint density at radius 2 is 1.92 bits per heavy atom. The number of carbonyl (C=O) groups excluding carboxylic acids is 1. The van der Waals surface area contributed by atoms with Crippen LogP contribution < -0.4 is 0 Å². The van der Waals surface area contributed by atoms with Gasteiger partial charge in [0.15, 0.2) is 12.2 Å². The van der Waals surface area contributed by atoms with Gasteiger partial charge in [-0.1, -0.05) is 0 Å². The number of ether oxygens (including phenoxy) is 1. The van der Waals surface area contributed by atoms with Crippen LogP contribution in [0.25, 0.3) is 0 Å². The van der Waals surface area contributed by atoms with Gasteiger partial charge in [-0.2, -0.15) is 0 Å². The van der Waals surface area contributed by atoms with Gasteiger partial charge in [0.25, 0.3) is 5.79 Å². The fourth-order valence-corrected chi connectivity index (χ4v) is 1.000. The lowest BCUT2D eigenvalue weighted by atomic mass is 9.97. The summed E-state index contributed by atoms with van der Waals surface area (Å²) in [7, 11) is 0. The number of aliphatic hydroxyl groups excluding tert-OH is 4. The summed E-state index contributed by atoms with van der Waals surface area (Å²) in [6.07, 6.45) is -5.73. The standard InChI is InChI=1S/C6H10O7/c7-1-6(12)4(10)2(8)3(9)5(11)13-6/h2-4,7-10,12H,1H2/t2-,3-,4+,6?/m1/s1. The van der Waals surface area contributed by atoms with Crippen molar-refractivity contribution < 1.29 is 35.1 Å². The van der Waals surface area contributed by atoms with Crippen LogP contribution in [0.15, 0.2) is 0 Å². The Morgan fingerprint density at radius 1 is 1.38 bits per heavy atom. The predicted octanol–water partition coefficient (Wildman–Crippen LogP) is -3.69. The number of cyclic esters (lactones) is 1. The summed E-state index contributed by atoms with van der Waals surface area (Å²) in [6, 6.07) is 0. The SMILES string of the molecule is O=C1OC(O)(CO)[C@@H](O)[C@H](O)[C@H]1O. The number of carbonyl (C=O) groups is 1. The molecular weight excluding hydrogens is 184 g/mol. The van der Waals surface area contributed by atoms with Crippen molar-refractivity contribution in [2.75, 3.05) is 6.61 Å². The van der Waals surface area contributed by atoms with Crippen molar-refractivity contribution >= 4 is 5.97 Å². The molecule has 0 saturated carbocycles. The molecule has 1 heterocycles. The van der Waals surface area contributed by atoms with E-state index >= 15 is 0 Å². The lowest BCUT2D eigenvalue weighted by molar-refractivity contribution is -0.307. The third-order valence-corrected chi connectivity index (χ3v) is 1.85. The summed E-state index contributed by atoms with van der Waals surface area (Å²) in [5, 5.41) is 44.7. The second-order valence-corrected chi connectivity index (χ2v) is 2.80. The smallest absolute Gasteiger partial charge is 0.340 e. The Morgan fingerprint density at radius 3 is 2.38 bits per heavy atom. The van der Waals surface area contributed by atoms with Crippen molar-refractivity contribution in [3.05, 3.63) is 0 Å². The van der Waals surface area contributed by atoms with E-state index in [2.05, 4.69) is 4.74 Å². The predicted molar refractivity (Wildman–Crippen MR) is 36.1 cm³/mol. The zero-order valence-corrected chi connectivity index (χ0v) is 6.49. The number of hydrogen-bond donors (Lipinski definition) is 5. The number of aliphatic hydroxyl groups is 5. The van der Waals surface area contributed by atoms with Gasteiger partial charge in [-0.05, 0) is 0 Å². The molecule has 0 aliphatic carbocycles. The third-order valence-electron chi connectivity index (χ3n) is 1.85. The molecule has 0 aromatic rings. The molecule has 0 radical (unpaired) electrons. The summed E-state index contributed by atoms with van der Waals surface area (Å²) in [5.41, 5.74) is 0. The summed E-state index contributed by atoms with van der Waals surface area (Å²) in [4.78, 5) is 10.7. The van der Waals surface area contributed by atoms with E-state index in [0.29, 0.717) is 0 Å². The molecule has 0 spiro atoms. The van der Waals surface area contributed by atoms with Gasteiger partial charge < -0.3 is 30.3 Å². The van der Waals surface area contributed by atoms with Crippen LogP contribution in [0.4, 0.5) is 0 Å². The van der Waals surface area contributed by atoms with Crippen LogP contribution >= 0.6 is 0 Å². The molecule has 0 aromatic heterocycles. The molecule has 1 fully saturated rings. The first-order valence-electron chi connectivity index (χ1n) is 3.52. The fourth-order valence-electron chi connectivity index (χ4n) is 1.000. The third kappa shape index (κ3) is 1.52. The fraction of sp³-hybridized carbons (Fsp3) is 0.833. The average Bonchev–Trinajstić information content (AvgIpc) is 2.12. The van der Waals surface area contributed by atoms with Gasteiger partial charge in [0.05, 0.1) is 0 Å². The van der Waals surface area contributed by atoms with E-state index in [4.69, 9.17) is 20.4 Å². The molecule has 7 nitrogen and oxygen atoms in total. The molecule has 76 valence electrons. The van der Waals surface area contributed by atoms with Crippen LogP contribution in [0.1, 0.15) is 0 Å². The molecule has 0 amide bonds. The molecule has 1 aliphatic heterocycles. The van der Waals surface area contributed by atoms with Crippen molar-refractivity contribution in [3.8, 4) is 0 Å². The molecule has 7 heteroatoms. The summed E-state index contributed by atoms with van der Waals surface area (Å²) in [6.45, 7) is -1.07. The van der Waals surface area contributed by atoms with Gasteiger partial charge >= 0.3 is 5.97 Å². The monoisotopic (exact) mass is 194 g/mol. The topological polar surface area (TPSA) is 127 Å². The minimum absolute atomic E-state index is 1.07. The number of esters is 1. The zero-order valence-electron chi connectivity index (χ0n) is 6.49. The van der Waals surface area contributed by atoms with Gasteiger partial charge in [0.1, 0.15) is 12.7 Å². The van der Waals surface area contributed by atoms with Crippen LogP contribution in [0.5, 0.6) is 0 Å². The summed E-state index contributed by atoms with van der Waals surface area (Å²) in [5.74, 6) is -3.84. The van der Waals surface area contributed by atoms with Crippen molar-refractivity contribution in [1.82, 2.24) is 0 Å². The van der Waals surface area contributed by atoms with E-state index in [-0.39, 0.29) is 0 Å². The molecule has 1 rings (SSSR count). The van der Waals surface area contributed by atoms with E-state index in [1.54, 1.807) is 0 Å². The van der Waals surface area contributed by atoms with Crippen molar-refractivity contribution in [2.24, 2.45) is 0 Å². The maximum atomic E-state index is 10.7. The minimum Gasteiger partial charge on any atom is -0.426 e. The Balaban J connectivity index is 2.88. The molecule has 0 aromatic carbocycles. The zero-order chi connectivity index (χ0) is 10.2. The lowest BCUT2D eigenvalue weighted by Gasteiger charge is -2.39. The van der Waals surface area contributed by atoms with E-state index in [1.165, 1.54) is 0 Å². The lowest BCUT2D eigenvalue weighted by Crippen LogP contribution is -2.64. The molecule has 5 N–H and O–H groups in total. The van der Waals surface area contributed by atoms with Crippen molar-refractivity contribution in [2.45, 2.75) is 24.1 Å². The van der Waals surface area contributed by atoms with Crippen molar-refractivity contribution in [1.29, 1.82) is 0 Å². The molecular formula is C6H10O7.